The van der Waals surface area contributed by atoms with Gasteiger partial charge in [0.05, 0.1) is 6.33 Å². The minimum absolute atomic E-state index is 0.329. The molecule has 1 N–H and O–H groups in total. The molecule has 1 rings (SSSR count). The summed E-state index contributed by atoms with van der Waals surface area (Å²) in [6, 6.07) is 0. The van der Waals surface area contributed by atoms with Crippen LogP contribution in [-0.2, 0) is 6.54 Å². The number of nitrogens with zero attached hydrogens (tertiary/aromatic N) is 2. The Morgan fingerprint density at radius 1 is 1.16 bits per heavy atom. The van der Waals surface area contributed by atoms with E-state index >= 15 is 0 Å². The molecule has 110 valence electrons. The van der Waals surface area contributed by atoms with E-state index in [2.05, 4.69) is 30.3 Å². The predicted molar refractivity (Wildman–Crippen MR) is 80.0 cm³/mol. The van der Waals surface area contributed by atoms with Crippen LogP contribution in [0.5, 0.6) is 0 Å². The zero-order chi connectivity index (χ0) is 14.1. The summed E-state index contributed by atoms with van der Waals surface area (Å²) in [6.07, 6.45) is 12.9. The first-order chi connectivity index (χ1) is 9.01. The molecular weight excluding hydrogens is 236 g/mol. The monoisotopic (exact) mass is 266 g/mol. The molecule has 0 aromatic carbocycles. The second-order valence-electron chi connectivity index (χ2n) is 6.79. The number of imidazole rings is 1. The van der Waals surface area contributed by atoms with Gasteiger partial charge in [0.25, 0.3) is 0 Å². The average molecular weight is 266 g/mol. The molecule has 0 unspecified atom stereocenters. The van der Waals surface area contributed by atoms with Gasteiger partial charge in [-0.3, -0.25) is 0 Å². The smallest absolute Gasteiger partial charge is 0.0945 e. The highest BCUT2D eigenvalue weighted by Crippen LogP contribution is 2.29. The van der Waals surface area contributed by atoms with Gasteiger partial charge in [-0.2, -0.15) is 0 Å². The molecule has 0 saturated heterocycles. The highest BCUT2D eigenvalue weighted by Gasteiger charge is 2.17. The lowest BCUT2D eigenvalue weighted by Gasteiger charge is -2.25. The molecule has 3 nitrogen and oxygen atoms in total. The van der Waals surface area contributed by atoms with E-state index in [0.717, 1.165) is 13.0 Å². The minimum Gasteiger partial charge on any atom is -0.396 e. The summed E-state index contributed by atoms with van der Waals surface area (Å²) >= 11 is 0. The lowest BCUT2D eigenvalue weighted by atomic mass is 9.81. The summed E-state index contributed by atoms with van der Waals surface area (Å²) in [5, 5.41) is 9.15. The molecule has 0 bridgehead atoms. The summed E-state index contributed by atoms with van der Waals surface area (Å²) in [5.41, 5.74) is 0.372. The summed E-state index contributed by atoms with van der Waals surface area (Å²) in [5.74, 6) is 0.679. The first-order valence-electron chi connectivity index (χ1n) is 7.58. The molecule has 1 aromatic heterocycles. The molecule has 1 atom stereocenters. The molecule has 0 fully saturated rings. The largest absolute Gasteiger partial charge is 0.396 e. The van der Waals surface area contributed by atoms with Gasteiger partial charge in [0.15, 0.2) is 0 Å². The highest BCUT2D eigenvalue weighted by molar-refractivity contribution is 4.74. The van der Waals surface area contributed by atoms with Crippen molar-refractivity contribution in [3.8, 4) is 0 Å². The Kier molecular flexibility index (Phi) is 7.14. The maximum Gasteiger partial charge on any atom is 0.0945 e. The van der Waals surface area contributed by atoms with Gasteiger partial charge < -0.3 is 9.67 Å². The number of aliphatic hydroxyl groups excluding tert-OH is 1. The van der Waals surface area contributed by atoms with Crippen LogP contribution in [-0.4, -0.2) is 21.3 Å². The molecule has 0 aliphatic heterocycles. The number of aromatic nitrogens is 2. The second kappa shape index (κ2) is 8.36. The van der Waals surface area contributed by atoms with E-state index in [1.165, 1.54) is 32.1 Å². The van der Waals surface area contributed by atoms with E-state index in [-0.39, 0.29) is 0 Å². The summed E-state index contributed by atoms with van der Waals surface area (Å²) in [4.78, 5) is 4.05. The van der Waals surface area contributed by atoms with E-state index in [0.29, 0.717) is 17.9 Å². The van der Waals surface area contributed by atoms with Crippen molar-refractivity contribution in [1.82, 2.24) is 9.55 Å². The molecule has 3 heteroatoms. The zero-order valence-corrected chi connectivity index (χ0v) is 12.8. The Morgan fingerprint density at radius 2 is 1.95 bits per heavy atom. The fourth-order valence-corrected chi connectivity index (χ4v) is 2.72. The molecular formula is C16H30N2O. The van der Waals surface area contributed by atoms with Crippen LogP contribution >= 0.6 is 0 Å². The fraction of sp³-hybridized carbons (Fsp3) is 0.812. The third-order valence-corrected chi connectivity index (χ3v) is 3.53. The van der Waals surface area contributed by atoms with Crippen molar-refractivity contribution >= 4 is 0 Å². The van der Waals surface area contributed by atoms with E-state index in [1.54, 1.807) is 0 Å². The van der Waals surface area contributed by atoms with Gasteiger partial charge >= 0.3 is 0 Å². The Balaban J connectivity index is 2.13. The topological polar surface area (TPSA) is 38.0 Å². The zero-order valence-electron chi connectivity index (χ0n) is 12.8. The number of unbranched alkanes of at least 4 members (excludes halogenated alkanes) is 2. The first-order valence-corrected chi connectivity index (χ1v) is 7.58. The van der Waals surface area contributed by atoms with Crippen LogP contribution in [0.25, 0.3) is 0 Å². The van der Waals surface area contributed by atoms with Crippen molar-refractivity contribution < 1.29 is 5.11 Å². The molecule has 0 radical (unpaired) electrons. The van der Waals surface area contributed by atoms with E-state index in [9.17, 15) is 0 Å². The van der Waals surface area contributed by atoms with Crippen LogP contribution in [0.15, 0.2) is 18.7 Å². The number of rotatable bonds is 9. The number of aliphatic hydroxyl groups is 1. The molecule has 19 heavy (non-hydrogen) atoms. The third kappa shape index (κ3) is 8.04. The normalized spacial score (nSPS) is 13.7. The number of aryl methyl sites for hydroxylation is 1. The van der Waals surface area contributed by atoms with Gasteiger partial charge in [-0.25, -0.2) is 4.98 Å². The van der Waals surface area contributed by atoms with Crippen molar-refractivity contribution in [2.45, 2.75) is 65.8 Å². The van der Waals surface area contributed by atoms with Crippen molar-refractivity contribution in [2.24, 2.45) is 11.3 Å². The highest BCUT2D eigenvalue weighted by atomic mass is 16.3. The lowest BCUT2D eigenvalue weighted by molar-refractivity contribution is 0.207. The molecule has 0 spiro atoms. The Morgan fingerprint density at radius 3 is 2.53 bits per heavy atom. The van der Waals surface area contributed by atoms with Gasteiger partial charge in [-0.15, -0.1) is 0 Å². The number of hydrogen-bond donors (Lipinski definition) is 1. The molecule has 0 aliphatic rings. The predicted octanol–water partition coefficient (Wildman–Crippen LogP) is 3.88. The summed E-state index contributed by atoms with van der Waals surface area (Å²) in [6.45, 7) is 8.27. The van der Waals surface area contributed by atoms with Gasteiger partial charge in [0, 0.05) is 25.5 Å². The van der Waals surface area contributed by atoms with E-state index in [1.807, 2.05) is 18.7 Å². The minimum atomic E-state index is 0.329. The summed E-state index contributed by atoms with van der Waals surface area (Å²) < 4.78 is 2.14. The molecule has 1 aromatic rings. The van der Waals surface area contributed by atoms with Crippen molar-refractivity contribution in [3.63, 3.8) is 0 Å². The van der Waals surface area contributed by atoms with Crippen LogP contribution in [0.1, 0.15) is 59.3 Å². The van der Waals surface area contributed by atoms with Crippen LogP contribution in [0.4, 0.5) is 0 Å². The lowest BCUT2D eigenvalue weighted by Crippen LogP contribution is -2.14. The average Bonchev–Trinajstić information content (AvgIpc) is 2.79. The van der Waals surface area contributed by atoms with Gasteiger partial charge in [0.2, 0.25) is 0 Å². The van der Waals surface area contributed by atoms with E-state index < -0.39 is 0 Å². The first kappa shape index (κ1) is 16.2. The number of hydrogen-bond acceptors (Lipinski definition) is 2. The van der Waals surface area contributed by atoms with Crippen molar-refractivity contribution in [1.29, 1.82) is 0 Å². The molecule has 0 amide bonds. The van der Waals surface area contributed by atoms with Crippen molar-refractivity contribution in [2.75, 3.05) is 6.61 Å². The molecule has 1 heterocycles. The SMILES string of the molecule is CC(C)(C)C[C@H](CCO)CCCCCn1ccnc1. The van der Waals surface area contributed by atoms with Crippen LogP contribution in [0.3, 0.4) is 0 Å². The summed E-state index contributed by atoms with van der Waals surface area (Å²) in [7, 11) is 0. The van der Waals surface area contributed by atoms with Crippen LogP contribution in [0.2, 0.25) is 0 Å². The maximum atomic E-state index is 9.15. The molecule has 0 aliphatic carbocycles. The van der Waals surface area contributed by atoms with E-state index in [4.69, 9.17) is 5.11 Å². The third-order valence-electron chi connectivity index (χ3n) is 3.53. The maximum absolute atomic E-state index is 9.15. The van der Waals surface area contributed by atoms with Crippen molar-refractivity contribution in [3.05, 3.63) is 18.7 Å². The van der Waals surface area contributed by atoms with Crippen LogP contribution < -0.4 is 0 Å². The van der Waals surface area contributed by atoms with Gasteiger partial charge in [0.1, 0.15) is 0 Å². The Labute approximate surface area is 118 Å². The Hall–Kier alpha value is -0.830. The van der Waals surface area contributed by atoms with Gasteiger partial charge in [-0.05, 0) is 30.6 Å². The van der Waals surface area contributed by atoms with Gasteiger partial charge in [-0.1, -0.05) is 40.0 Å². The second-order valence-corrected chi connectivity index (χ2v) is 6.79. The Bertz CT molecular complexity index is 314. The quantitative estimate of drug-likeness (QED) is 0.689. The standard InChI is InChI=1S/C16H30N2O/c1-16(2,3)13-15(8-12-19)7-5-4-6-10-18-11-9-17-14-18/h9,11,14-15,19H,4-8,10,12-13H2,1-3H3/t15-/m0/s1. The fourth-order valence-electron chi connectivity index (χ4n) is 2.72. The molecule has 0 saturated carbocycles. The van der Waals surface area contributed by atoms with Crippen LogP contribution in [0, 0.1) is 11.3 Å².